The van der Waals surface area contributed by atoms with Crippen LogP contribution in [0, 0.1) is 10.1 Å². The number of rotatable bonds is 4. The summed E-state index contributed by atoms with van der Waals surface area (Å²) in [6, 6.07) is 3.06. The van der Waals surface area contributed by atoms with Crippen LogP contribution < -0.4 is 5.32 Å². The third-order valence-corrected chi connectivity index (χ3v) is 4.46. The topological polar surface area (TPSA) is 81.0 Å². The zero-order chi connectivity index (χ0) is 15.7. The van der Waals surface area contributed by atoms with Crippen LogP contribution in [0.2, 0.25) is 9.49 Å². The van der Waals surface area contributed by atoms with Crippen molar-refractivity contribution >= 4 is 56.7 Å². The highest BCUT2D eigenvalue weighted by Crippen LogP contribution is 2.37. The Morgan fingerprint density at radius 3 is 2.82 bits per heavy atom. The zero-order valence-corrected chi connectivity index (χ0v) is 13.2. The van der Waals surface area contributed by atoms with Crippen LogP contribution in [0.15, 0.2) is 30.7 Å². The van der Waals surface area contributed by atoms with Crippen molar-refractivity contribution in [2.75, 3.05) is 5.32 Å². The fraction of sp³-hybridized carbons (Fsp3) is 0.0769. The summed E-state index contributed by atoms with van der Waals surface area (Å²) in [4.78, 5) is 19.6. The van der Waals surface area contributed by atoms with Crippen LogP contribution >= 0.6 is 34.5 Å². The lowest BCUT2D eigenvalue weighted by atomic mass is 10.1. The molecular weight excluding hydrogens is 347 g/mol. The van der Waals surface area contributed by atoms with Gasteiger partial charge in [-0.05, 0) is 6.07 Å². The molecule has 0 amide bonds. The molecule has 1 N–H and O–H groups in total. The Morgan fingerprint density at radius 1 is 1.32 bits per heavy atom. The maximum Gasteiger partial charge on any atom is 0.294 e. The van der Waals surface area contributed by atoms with E-state index in [0.717, 1.165) is 4.88 Å². The van der Waals surface area contributed by atoms with Crippen LogP contribution in [-0.2, 0) is 6.54 Å². The van der Waals surface area contributed by atoms with Gasteiger partial charge in [0.1, 0.15) is 5.69 Å². The van der Waals surface area contributed by atoms with E-state index in [2.05, 4.69) is 15.3 Å². The summed E-state index contributed by atoms with van der Waals surface area (Å²) in [7, 11) is 0. The second-order valence-corrected chi connectivity index (χ2v) is 6.47. The van der Waals surface area contributed by atoms with Crippen LogP contribution in [0.5, 0.6) is 0 Å². The Morgan fingerprint density at radius 2 is 2.14 bits per heavy atom. The Labute approximate surface area is 138 Å². The van der Waals surface area contributed by atoms with E-state index in [1.807, 2.05) is 0 Å². The molecule has 0 spiro atoms. The number of benzene rings is 1. The SMILES string of the molecule is O=[N+]([O-])c1cc(Cl)c2ccncc2c1NCc1cnc(Cl)s1. The highest BCUT2D eigenvalue weighted by Gasteiger charge is 2.20. The molecule has 6 nitrogen and oxygen atoms in total. The number of hydrogen-bond acceptors (Lipinski definition) is 6. The molecule has 0 aliphatic carbocycles. The third kappa shape index (κ3) is 2.83. The van der Waals surface area contributed by atoms with E-state index >= 15 is 0 Å². The van der Waals surface area contributed by atoms with E-state index in [0.29, 0.717) is 32.5 Å². The number of nitro groups is 1. The molecule has 0 radical (unpaired) electrons. The zero-order valence-electron chi connectivity index (χ0n) is 10.9. The van der Waals surface area contributed by atoms with Gasteiger partial charge < -0.3 is 5.32 Å². The molecule has 2 aromatic heterocycles. The fourth-order valence-corrected chi connectivity index (χ4v) is 3.27. The van der Waals surface area contributed by atoms with Gasteiger partial charge in [0.25, 0.3) is 5.69 Å². The van der Waals surface area contributed by atoms with E-state index in [9.17, 15) is 10.1 Å². The van der Waals surface area contributed by atoms with E-state index in [4.69, 9.17) is 23.2 Å². The number of pyridine rings is 1. The molecule has 112 valence electrons. The predicted octanol–water partition coefficient (Wildman–Crippen LogP) is 4.52. The van der Waals surface area contributed by atoms with Crippen molar-refractivity contribution in [1.82, 2.24) is 9.97 Å². The maximum atomic E-state index is 11.3. The van der Waals surface area contributed by atoms with Crippen LogP contribution in [0.1, 0.15) is 4.88 Å². The van der Waals surface area contributed by atoms with Gasteiger partial charge >= 0.3 is 0 Å². The first kappa shape index (κ1) is 15.0. The van der Waals surface area contributed by atoms with Crippen molar-refractivity contribution in [1.29, 1.82) is 0 Å². The van der Waals surface area contributed by atoms with Gasteiger partial charge in [0.05, 0.1) is 16.5 Å². The summed E-state index contributed by atoms with van der Waals surface area (Å²) < 4.78 is 0.425. The largest absolute Gasteiger partial charge is 0.374 e. The average molecular weight is 355 g/mol. The highest BCUT2D eigenvalue weighted by molar-refractivity contribution is 7.15. The molecular formula is C13H8Cl2N4O2S. The number of nitrogens with one attached hydrogen (secondary N) is 1. The summed E-state index contributed by atoms with van der Waals surface area (Å²) in [5.74, 6) is 0. The Hall–Kier alpha value is -1.96. The Balaban J connectivity index is 2.07. The van der Waals surface area contributed by atoms with Gasteiger partial charge in [-0.1, -0.05) is 23.2 Å². The van der Waals surface area contributed by atoms with Gasteiger partial charge in [0.2, 0.25) is 0 Å². The molecule has 0 aliphatic rings. The van der Waals surface area contributed by atoms with Crippen LogP contribution in [0.3, 0.4) is 0 Å². The first-order chi connectivity index (χ1) is 10.6. The molecule has 3 aromatic rings. The number of fused-ring (bicyclic) bond motifs is 1. The van der Waals surface area contributed by atoms with E-state index < -0.39 is 4.92 Å². The molecule has 0 atom stereocenters. The first-order valence-corrected chi connectivity index (χ1v) is 7.68. The van der Waals surface area contributed by atoms with Crippen molar-refractivity contribution in [3.05, 3.63) is 55.2 Å². The van der Waals surface area contributed by atoms with Crippen LogP contribution in [-0.4, -0.2) is 14.9 Å². The van der Waals surface area contributed by atoms with Gasteiger partial charge in [-0.2, -0.15) is 0 Å². The minimum Gasteiger partial charge on any atom is -0.374 e. The molecule has 0 unspecified atom stereocenters. The molecule has 1 aromatic carbocycles. The number of thiazole rings is 1. The van der Waals surface area contributed by atoms with Crippen LogP contribution in [0.25, 0.3) is 10.8 Å². The molecule has 0 saturated heterocycles. The predicted molar refractivity (Wildman–Crippen MR) is 87.9 cm³/mol. The fourth-order valence-electron chi connectivity index (χ4n) is 2.08. The molecule has 9 heteroatoms. The van der Waals surface area contributed by atoms with Gasteiger partial charge in [0, 0.05) is 40.3 Å². The van der Waals surface area contributed by atoms with Gasteiger partial charge in [-0.3, -0.25) is 15.1 Å². The van der Waals surface area contributed by atoms with Crippen molar-refractivity contribution in [3.63, 3.8) is 0 Å². The molecule has 2 heterocycles. The average Bonchev–Trinajstić information content (AvgIpc) is 2.91. The first-order valence-electron chi connectivity index (χ1n) is 6.11. The van der Waals surface area contributed by atoms with Crippen molar-refractivity contribution in [3.8, 4) is 0 Å². The summed E-state index contributed by atoms with van der Waals surface area (Å²) in [5, 5.41) is 16.0. The van der Waals surface area contributed by atoms with Gasteiger partial charge in [-0.25, -0.2) is 4.98 Å². The van der Waals surface area contributed by atoms with Crippen LogP contribution in [0.4, 0.5) is 11.4 Å². The second-order valence-electron chi connectivity index (χ2n) is 4.36. The van der Waals surface area contributed by atoms with Crippen molar-refractivity contribution in [2.45, 2.75) is 6.54 Å². The molecule has 3 rings (SSSR count). The van der Waals surface area contributed by atoms with E-state index in [1.54, 1.807) is 24.7 Å². The Kier molecular flexibility index (Phi) is 4.10. The smallest absolute Gasteiger partial charge is 0.294 e. The lowest BCUT2D eigenvalue weighted by Crippen LogP contribution is -2.03. The lowest BCUT2D eigenvalue weighted by Gasteiger charge is -2.10. The van der Waals surface area contributed by atoms with Crippen molar-refractivity contribution in [2.24, 2.45) is 0 Å². The standard InChI is InChI=1S/C13H8Cl2N4O2S/c14-10-3-11(19(20)21)12(9-6-16-2-1-8(9)10)17-4-7-5-18-13(15)22-7/h1-3,5-6,17H,4H2. The lowest BCUT2D eigenvalue weighted by molar-refractivity contribution is -0.383. The summed E-state index contributed by atoms with van der Waals surface area (Å²) >= 11 is 13.2. The molecule has 0 aliphatic heterocycles. The third-order valence-electron chi connectivity index (χ3n) is 3.03. The number of nitro benzene ring substituents is 1. The summed E-state index contributed by atoms with van der Waals surface area (Å²) in [5.41, 5.74) is 0.281. The quantitative estimate of drug-likeness (QED) is 0.550. The minimum atomic E-state index is -0.472. The Bertz CT molecular complexity index is 868. The monoisotopic (exact) mass is 354 g/mol. The van der Waals surface area contributed by atoms with Gasteiger partial charge in [-0.15, -0.1) is 11.3 Å². The summed E-state index contributed by atoms with van der Waals surface area (Å²) in [6.45, 7) is 0.372. The molecule has 0 fully saturated rings. The van der Waals surface area contributed by atoms with Crippen molar-refractivity contribution < 1.29 is 4.92 Å². The molecule has 0 bridgehead atoms. The van der Waals surface area contributed by atoms with E-state index in [-0.39, 0.29) is 5.69 Å². The highest BCUT2D eigenvalue weighted by atomic mass is 35.5. The number of halogens is 2. The summed E-state index contributed by atoms with van der Waals surface area (Å²) in [6.07, 6.45) is 4.77. The number of aromatic nitrogens is 2. The number of nitrogens with zero attached hydrogens (tertiary/aromatic N) is 3. The molecule has 0 saturated carbocycles. The molecule has 22 heavy (non-hydrogen) atoms. The second kappa shape index (κ2) is 6.04. The minimum absolute atomic E-state index is 0.0962. The maximum absolute atomic E-state index is 11.3. The normalized spacial score (nSPS) is 10.8. The van der Waals surface area contributed by atoms with Gasteiger partial charge in [0.15, 0.2) is 4.47 Å². The number of hydrogen-bond donors (Lipinski definition) is 1. The number of anilines is 1. The van der Waals surface area contributed by atoms with E-state index in [1.165, 1.54) is 17.4 Å².